The van der Waals surface area contributed by atoms with Crippen molar-refractivity contribution in [3.8, 4) is 0 Å². The van der Waals surface area contributed by atoms with Crippen molar-refractivity contribution in [1.29, 1.82) is 0 Å². The number of nitrogens with one attached hydrogen (secondary N) is 2. The first-order valence-corrected chi connectivity index (χ1v) is 12.8. The molecule has 6 nitrogen and oxygen atoms in total. The van der Waals surface area contributed by atoms with Gasteiger partial charge in [-0.15, -0.1) is 22.7 Å². The molecule has 2 heterocycles. The number of carbonyl (C=O) groups is 3. The summed E-state index contributed by atoms with van der Waals surface area (Å²) in [6, 6.07) is 6.85. The van der Waals surface area contributed by atoms with E-state index in [0.717, 1.165) is 43.4 Å². The van der Waals surface area contributed by atoms with E-state index in [-0.39, 0.29) is 30.3 Å². The fourth-order valence-electron chi connectivity index (χ4n) is 3.88. The van der Waals surface area contributed by atoms with Gasteiger partial charge >= 0.3 is 0 Å². The van der Waals surface area contributed by atoms with E-state index >= 15 is 0 Å². The number of nitrogens with zero attached hydrogens (tertiary/aromatic N) is 1. The Kier molecular flexibility index (Phi) is 9.09. The Labute approximate surface area is 192 Å². The van der Waals surface area contributed by atoms with Gasteiger partial charge in [0.15, 0.2) is 0 Å². The highest BCUT2D eigenvalue weighted by Gasteiger charge is 2.33. The SMILES string of the molecule is CCCCN(C(=O)CNC(=O)c1cccs1)[C@H](C(=O)NC1CCCCC1)c1cccs1. The number of carbonyl (C=O) groups excluding carboxylic acids is 3. The summed E-state index contributed by atoms with van der Waals surface area (Å²) in [7, 11) is 0. The highest BCUT2D eigenvalue weighted by atomic mass is 32.1. The fraction of sp³-hybridized carbons (Fsp3) is 0.522. The van der Waals surface area contributed by atoms with Crippen molar-refractivity contribution < 1.29 is 14.4 Å². The smallest absolute Gasteiger partial charge is 0.261 e. The molecule has 2 aromatic rings. The van der Waals surface area contributed by atoms with E-state index in [1.165, 1.54) is 29.1 Å². The third kappa shape index (κ3) is 6.64. The van der Waals surface area contributed by atoms with E-state index in [1.54, 1.807) is 17.0 Å². The fourth-order valence-corrected chi connectivity index (χ4v) is 5.35. The van der Waals surface area contributed by atoms with Crippen LogP contribution >= 0.6 is 22.7 Å². The van der Waals surface area contributed by atoms with E-state index in [4.69, 9.17) is 0 Å². The van der Waals surface area contributed by atoms with Gasteiger partial charge in [-0.2, -0.15) is 0 Å². The summed E-state index contributed by atoms with van der Waals surface area (Å²) in [4.78, 5) is 41.9. The van der Waals surface area contributed by atoms with Crippen LogP contribution in [0.5, 0.6) is 0 Å². The molecule has 1 aliphatic rings. The molecule has 3 amide bonds. The number of rotatable bonds is 10. The van der Waals surface area contributed by atoms with Gasteiger partial charge in [0, 0.05) is 17.5 Å². The van der Waals surface area contributed by atoms with Crippen LogP contribution in [0.4, 0.5) is 0 Å². The van der Waals surface area contributed by atoms with Crippen LogP contribution in [0, 0.1) is 0 Å². The number of thiophene rings is 2. The third-order valence-corrected chi connectivity index (χ3v) is 7.34. The van der Waals surface area contributed by atoms with E-state index in [9.17, 15) is 14.4 Å². The van der Waals surface area contributed by atoms with Gasteiger partial charge in [-0.1, -0.05) is 44.7 Å². The topological polar surface area (TPSA) is 78.5 Å². The molecule has 3 rings (SSSR count). The predicted octanol–water partition coefficient (Wildman–Crippen LogP) is 4.36. The number of hydrogen-bond acceptors (Lipinski definition) is 5. The van der Waals surface area contributed by atoms with Crippen LogP contribution in [-0.4, -0.2) is 41.8 Å². The lowest BCUT2D eigenvalue weighted by Gasteiger charge is -2.32. The first kappa shape index (κ1) is 23.5. The van der Waals surface area contributed by atoms with Crippen molar-refractivity contribution in [3.63, 3.8) is 0 Å². The van der Waals surface area contributed by atoms with Gasteiger partial charge in [-0.3, -0.25) is 14.4 Å². The second-order valence-corrected chi connectivity index (χ2v) is 9.79. The Morgan fingerprint density at radius 1 is 1.10 bits per heavy atom. The molecule has 0 saturated heterocycles. The Balaban J connectivity index is 1.74. The largest absolute Gasteiger partial charge is 0.351 e. The summed E-state index contributed by atoms with van der Waals surface area (Å²) < 4.78 is 0. The van der Waals surface area contributed by atoms with Gasteiger partial charge in [0.05, 0.1) is 11.4 Å². The molecular formula is C23H31N3O3S2. The maximum Gasteiger partial charge on any atom is 0.261 e. The van der Waals surface area contributed by atoms with Crippen LogP contribution in [0.1, 0.15) is 72.5 Å². The highest BCUT2D eigenvalue weighted by Crippen LogP contribution is 2.27. The van der Waals surface area contributed by atoms with Crippen LogP contribution in [0.3, 0.4) is 0 Å². The zero-order valence-electron chi connectivity index (χ0n) is 18.0. The van der Waals surface area contributed by atoms with Crippen molar-refractivity contribution in [2.24, 2.45) is 0 Å². The second-order valence-electron chi connectivity index (χ2n) is 7.86. The van der Waals surface area contributed by atoms with Gasteiger partial charge in [-0.25, -0.2) is 0 Å². The molecule has 31 heavy (non-hydrogen) atoms. The van der Waals surface area contributed by atoms with Gasteiger partial charge in [0.25, 0.3) is 5.91 Å². The molecule has 8 heteroatoms. The third-order valence-electron chi connectivity index (χ3n) is 5.54. The van der Waals surface area contributed by atoms with Crippen molar-refractivity contribution in [3.05, 3.63) is 44.8 Å². The van der Waals surface area contributed by atoms with E-state index < -0.39 is 6.04 Å². The Hall–Kier alpha value is -2.19. The molecule has 1 aliphatic carbocycles. The Bertz CT molecular complexity index is 830. The first-order valence-electron chi connectivity index (χ1n) is 11.0. The van der Waals surface area contributed by atoms with Gasteiger partial charge in [0.1, 0.15) is 6.04 Å². The molecule has 0 aliphatic heterocycles. The number of unbranched alkanes of at least 4 members (excludes halogenated alkanes) is 1. The van der Waals surface area contributed by atoms with Crippen molar-refractivity contribution in [1.82, 2.24) is 15.5 Å². The average Bonchev–Trinajstić information content (AvgIpc) is 3.50. The van der Waals surface area contributed by atoms with Crippen molar-refractivity contribution >= 4 is 40.4 Å². The standard InChI is InChI=1S/C23H31N3O3S2/c1-2-3-13-26(20(27)16-24-22(28)19-12-8-15-31-19)21(18-11-7-14-30-18)23(29)25-17-9-5-4-6-10-17/h7-8,11-12,14-15,17,21H,2-6,9-10,13,16H2,1H3,(H,24,28)(H,25,29)/t21-/m0/s1. The van der Waals surface area contributed by atoms with Crippen LogP contribution < -0.4 is 10.6 Å². The van der Waals surface area contributed by atoms with Crippen LogP contribution in [-0.2, 0) is 9.59 Å². The lowest BCUT2D eigenvalue weighted by atomic mass is 9.95. The highest BCUT2D eigenvalue weighted by molar-refractivity contribution is 7.12. The second kappa shape index (κ2) is 12.0. The molecule has 1 fully saturated rings. The zero-order valence-corrected chi connectivity index (χ0v) is 19.6. The van der Waals surface area contributed by atoms with Crippen LogP contribution in [0.25, 0.3) is 0 Å². The maximum atomic E-state index is 13.4. The molecular weight excluding hydrogens is 430 g/mol. The summed E-state index contributed by atoms with van der Waals surface area (Å²) >= 11 is 2.82. The Morgan fingerprint density at radius 3 is 2.48 bits per heavy atom. The molecule has 0 bridgehead atoms. The van der Waals surface area contributed by atoms with Gasteiger partial charge in [0.2, 0.25) is 11.8 Å². The quantitative estimate of drug-likeness (QED) is 0.552. The first-order chi connectivity index (χ1) is 15.1. The summed E-state index contributed by atoms with van der Waals surface area (Å²) in [5, 5.41) is 9.66. The van der Waals surface area contributed by atoms with E-state index in [1.807, 2.05) is 22.9 Å². The van der Waals surface area contributed by atoms with Gasteiger partial charge in [-0.05, 0) is 42.2 Å². The summed E-state index contributed by atoms with van der Waals surface area (Å²) in [6.07, 6.45) is 7.15. The number of amides is 3. The molecule has 0 radical (unpaired) electrons. The minimum Gasteiger partial charge on any atom is -0.351 e. The van der Waals surface area contributed by atoms with Crippen LogP contribution in [0.2, 0.25) is 0 Å². The molecule has 2 N–H and O–H groups in total. The summed E-state index contributed by atoms with van der Waals surface area (Å²) in [5.41, 5.74) is 0. The van der Waals surface area contributed by atoms with Crippen molar-refractivity contribution in [2.45, 2.75) is 64.0 Å². The lowest BCUT2D eigenvalue weighted by Crippen LogP contribution is -2.49. The monoisotopic (exact) mass is 461 g/mol. The Morgan fingerprint density at radius 2 is 1.84 bits per heavy atom. The molecule has 168 valence electrons. The maximum absolute atomic E-state index is 13.4. The minimum absolute atomic E-state index is 0.122. The van der Waals surface area contributed by atoms with Crippen molar-refractivity contribution in [2.75, 3.05) is 13.1 Å². The van der Waals surface area contributed by atoms with Gasteiger partial charge < -0.3 is 15.5 Å². The summed E-state index contributed by atoms with van der Waals surface area (Å²) in [5.74, 6) is -0.628. The lowest BCUT2D eigenvalue weighted by molar-refractivity contribution is -0.140. The normalized spacial score (nSPS) is 15.3. The molecule has 2 aromatic heterocycles. The molecule has 0 spiro atoms. The average molecular weight is 462 g/mol. The van der Waals surface area contributed by atoms with E-state index in [0.29, 0.717) is 11.4 Å². The molecule has 1 atom stereocenters. The minimum atomic E-state index is -0.667. The van der Waals surface area contributed by atoms with Crippen LogP contribution in [0.15, 0.2) is 35.0 Å². The number of hydrogen-bond donors (Lipinski definition) is 2. The predicted molar refractivity (Wildman–Crippen MR) is 125 cm³/mol. The zero-order chi connectivity index (χ0) is 22.1. The van der Waals surface area contributed by atoms with E-state index in [2.05, 4.69) is 17.6 Å². The molecule has 0 aromatic carbocycles. The summed E-state index contributed by atoms with van der Waals surface area (Å²) in [6.45, 7) is 2.41. The molecule has 1 saturated carbocycles. The molecule has 0 unspecified atom stereocenters.